The van der Waals surface area contributed by atoms with Gasteiger partial charge >= 0.3 is 0 Å². The molecule has 2 nitrogen and oxygen atoms in total. The maximum absolute atomic E-state index is 9.36. The van der Waals surface area contributed by atoms with Crippen molar-refractivity contribution in [1.82, 2.24) is 0 Å². The van der Waals surface area contributed by atoms with E-state index in [-0.39, 0.29) is 19.1 Å². The van der Waals surface area contributed by atoms with Crippen LogP contribution >= 0.6 is 0 Å². The fourth-order valence-electron chi connectivity index (χ4n) is 3.08. The monoisotopic (exact) mass is 226 g/mol. The maximum Gasteiger partial charge on any atom is 0.0484 e. The van der Waals surface area contributed by atoms with E-state index in [9.17, 15) is 10.2 Å². The molecule has 0 unspecified atom stereocenters. The Bertz CT molecular complexity index is 241. The Morgan fingerprint density at radius 3 is 2.38 bits per heavy atom. The molecule has 2 atom stereocenters. The lowest BCUT2D eigenvalue weighted by Gasteiger charge is -2.44. The van der Waals surface area contributed by atoms with E-state index in [2.05, 4.69) is 27.4 Å². The lowest BCUT2D eigenvalue weighted by atomic mass is 9.62. The van der Waals surface area contributed by atoms with Crippen LogP contribution in [0.2, 0.25) is 0 Å². The van der Waals surface area contributed by atoms with Crippen LogP contribution in [0, 0.1) is 23.2 Å². The molecular weight excluding hydrogens is 200 g/mol. The molecule has 1 saturated carbocycles. The van der Waals surface area contributed by atoms with Gasteiger partial charge in [0.25, 0.3) is 0 Å². The Balaban J connectivity index is 2.83. The van der Waals surface area contributed by atoms with Crippen LogP contribution in [0.4, 0.5) is 0 Å². The van der Waals surface area contributed by atoms with Crippen LogP contribution in [0.25, 0.3) is 0 Å². The van der Waals surface area contributed by atoms with E-state index in [4.69, 9.17) is 0 Å². The molecule has 0 aromatic rings. The minimum absolute atomic E-state index is 0.0151. The standard InChI is InChI=1S/C14H26O2/c1-10(2)12-5-6-14(3,4)7-13(12)11(8-15)9-16/h11-13,15-16H,1,5-9H2,2-4H3/t12-,13-/m0/s1. The molecule has 0 heterocycles. The van der Waals surface area contributed by atoms with Crippen molar-refractivity contribution in [2.24, 2.45) is 23.2 Å². The molecule has 1 aliphatic rings. The summed E-state index contributed by atoms with van der Waals surface area (Å²) in [5, 5.41) is 18.7. The van der Waals surface area contributed by atoms with Crippen LogP contribution in [0.15, 0.2) is 12.2 Å². The Hall–Kier alpha value is -0.340. The second kappa shape index (κ2) is 5.33. The van der Waals surface area contributed by atoms with Crippen molar-refractivity contribution >= 4 is 0 Å². The van der Waals surface area contributed by atoms with E-state index in [1.54, 1.807) is 0 Å². The average molecular weight is 226 g/mol. The summed E-state index contributed by atoms with van der Waals surface area (Å²) in [6.45, 7) is 10.9. The SMILES string of the molecule is C=C(C)[C@@H]1CCC(C)(C)C[C@H]1C(CO)CO. The second-order valence-corrected chi connectivity index (χ2v) is 6.15. The molecule has 1 fully saturated rings. The van der Waals surface area contributed by atoms with Gasteiger partial charge in [-0.1, -0.05) is 26.0 Å². The lowest BCUT2D eigenvalue weighted by molar-refractivity contribution is 0.0302. The third-order valence-corrected chi connectivity index (χ3v) is 4.14. The van der Waals surface area contributed by atoms with Crippen molar-refractivity contribution in [2.45, 2.75) is 40.0 Å². The van der Waals surface area contributed by atoms with Crippen molar-refractivity contribution in [1.29, 1.82) is 0 Å². The summed E-state index contributed by atoms with van der Waals surface area (Å²) in [7, 11) is 0. The number of hydrogen-bond acceptors (Lipinski definition) is 2. The van der Waals surface area contributed by atoms with Gasteiger partial charge < -0.3 is 10.2 Å². The van der Waals surface area contributed by atoms with E-state index in [0.717, 1.165) is 12.8 Å². The number of hydrogen-bond donors (Lipinski definition) is 2. The highest BCUT2D eigenvalue weighted by atomic mass is 16.3. The molecule has 2 heteroatoms. The molecule has 0 bridgehead atoms. The van der Waals surface area contributed by atoms with E-state index >= 15 is 0 Å². The predicted molar refractivity (Wildman–Crippen MR) is 67.1 cm³/mol. The molecule has 94 valence electrons. The average Bonchev–Trinajstić information content (AvgIpc) is 2.17. The summed E-state index contributed by atoms with van der Waals surface area (Å²) in [5.74, 6) is 0.870. The first kappa shape index (κ1) is 13.7. The van der Waals surface area contributed by atoms with E-state index in [0.29, 0.717) is 17.3 Å². The van der Waals surface area contributed by atoms with Gasteiger partial charge in [0.1, 0.15) is 0 Å². The molecule has 0 aliphatic heterocycles. The van der Waals surface area contributed by atoms with Gasteiger partial charge in [-0.2, -0.15) is 0 Å². The van der Waals surface area contributed by atoms with Crippen LogP contribution in [0.1, 0.15) is 40.0 Å². The number of aliphatic hydroxyl groups excluding tert-OH is 2. The summed E-state index contributed by atoms with van der Waals surface area (Å²) in [5.41, 5.74) is 1.53. The van der Waals surface area contributed by atoms with Crippen LogP contribution in [0.5, 0.6) is 0 Å². The topological polar surface area (TPSA) is 40.5 Å². The Labute approximate surface area is 99.4 Å². The highest BCUT2D eigenvalue weighted by Crippen LogP contribution is 2.46. The van der Waals surface area contributed by atoms with Crippen LogP contribution in [-0.4, -0.2) is 23.4 Å². The highest BCUT2D eigenvalue weighted by Gasteiger charge is 2.38. The maximum atomic E-state index is 9.36. The molecule has 1 aliphatic carbocycles. The molecule has 2 N–H and O–H groups in total. The minimum atomic E-state index is 0.0151. The lowest BCUT2D eigenvalue weighted by Crippen LogP contribution is -2.37. The van der Waals surface area contributed by atoms with Gasteiger partial charge in [0, 0.05) is 19.1 Å². The van der Waals surface area contributed by atoms with Crippen molar-refractivity contribution in [3.63, 3.8) is 0 Å². The molecule has 0 amide bonds. The predicted octanol–water partition coefficient (Wildman–Crippen LogP) is 2.61. The summed E-state index contributed by atoms with van der Waals surface area (Å²) in [6, 6.07) is 0. The van der Waals surface area contributed by atoms with Crippen molar-refractivity contribution < 1.29 is 10.2 Å². The first-order chi connectivity index (χ1) is 7.41. The fourth-order valence-corrected chi connectivity index (χ4v) is 3.08. The summed E-state index contributed by atoms with van der Waals surface area (Å²) in [6.07, 6.45) is 3.43. The van der Waals surface area contributed by atoms with Gasteiger partial charge in [-0.15, -0.1) is 0 Å². The Morgan fingerprint density at radius 1 is 1.38 bits per heavy atom. The molecular formula is C14H26O2. The van der Waals surface area contributed by atoms with E-state index in [1.807, 2.05) is 0 Å². The van der Waals surface area contributed by atoms with Crippen LogP contribution in [-0.2, 0) is 0 Å². The van der Waals surface area contributed by atoms with E-state index < -0.39 is 0 Å². The number of allylic oxidation sites excluding steroid dienone is 1. The van der Waals surface area contributed by atoms with Gasteiger partial charge in [0.05, 0.1) is 0 Å². The normalized spacial score (nSPS) is 29.4. The first-order valence-electron chi connectivity index (χ1n) is 6.28. The Kier molecular flexibility index (Phi) is 4.57. The van der Waals surface area contributed by atoms with Gasteiger partial charge in [-0.05, 0) is 43.4 Å². The molecule has 16 heavy (non-hydrogen) atoms. The third kappa shape index (κ3) is 3.08. The zero-order valence-electron chi connectivity index (χ0n) is 10.9. The molecule has 0 radical (unpaired) electrons. The molecule has 0 saturated heterocycles. The first-order valence-corrected chi connectivity index (χ1v) is 6.28. The summed E-state index contributed by atoms with van der Waals surface area (Å²) >= 11 is 0. The largest absolute Gasteiger partial charge is 0.396 e. The van der Waals surface area contributed by atoms with Crippen molar-refractivity contribution in [3.05, 3.63) is 12.2 Å². The third-order valence-electron chi connectivity index (χ3n) is 4.14. The van der Waals surface area contributed by atoms with E-state index in [1.165, 1.54) is 12.0 Å². The van der Waals surface area contributed by atoms with Gasteiger partial charge in [0.2, 0.25) is 0 Å². The van der Waals surface area contributed by atoms with Gasteiger partial charge in [-0.25, -0.2) is 0 Å². The van der Waals surface area contributed by atoms with Crippen LogP contribution in [0.3, 0.4) is 0 Å². The molecule has 0 aromatic heterocycles. The zero-order chi connectivity index (χ0) is 12.3. The zero-order valence-corrected chi connectivity index (χ0v) is 10.9. The van der Waals surface area contributed by atoms with Crippen molar-refractivity contribution in [2.75, 3.05) is 13.2 Å². The Morgan fingerprint density at radius 2 is 1.94 bits per heavy atom. The van der Waals surface area contributed by atoms with Crippen LogP contribution < -0.4 is 0 Å². The smallest absolute Gasteiger partial charge is 0.0484 e. The highest BCUT2D eigenvalue weighted by molar-refractivity contribution is 5.04. The summed E-state index contributed by atoms with van der Waals surface area (Å²) in [4.78, 5) is 0. The van der Waals surface area contributed by atoms with Gasteiger partial charge in [0.15, 0.2) is 0 Å². The second-order valence-electron chi connectivity index (χ2n) is 6.15. The minimum Gasteiger partial charge on any atom is -0.396 e. The van der Waals surface area contributed by atoms with Crippen molar-refractivity contribution in [3.8, 4) is 0 Å². The fraction of sp³-hybridized carbons (Fsp3) is 0.857. The molecule has 0 spiro atoms. The molecule has 1 rings (SSSR count). The van der Waals surface area contributed by atoms with Gasteiger partial charge in [-0.3, -0.25) is 0 Å². The number of aliphatic hydroxyl groups is 2. The number of rotatable bonds is 4. The quantitative estimate of drug-likeness (QED) is 0.723. The summed E-state index contributed by atoms with van der Waals surface area (Å²) < 4.78 is 0. The molecule has 0 aromatic carbocycles.